The van der Waals surface area contributed by atoms with Crippen LogP contribution < -0.4 is 10.5 Å². The highest BCUT2D eigenvalue weighted by molar-refractivity contribution is 5.77. The molecule has 0 unspecified atom stereocenters. The Morgan fingerprint density at radius 3 is 2.88 bits per heavy atom. The molecule has 132 valence electrons. The van der Waals surface area contributed by atoms with Gasteiger partial charge in [-0.15, -0.1) is 0 Å². The van der Waals surface area contributed by atoms with Crippen molar-refractivity contribution >= 4 is 22.8 Å². The summed E-state index contributed by atoms with van der Waals surface area (Å²) in [6.07, 6.45) is -0.0691. The van der Waals surface area contributed by atoms with Gasteiger partial charge in [-0.2, -0.15) is 0 Å². The molecule has 0 N–H and O–H groups in total. The van der Waals surface area contributed by atoms with Gasteiger partial charge in [0.05, 0.1) is 29.8 Å². The molecular weight excluding hydrogens is 320 g/mol. The molecule has 2 fully saturated rings. The number of amides is 1. The van der Waals surface area contributed by atoms with Crippen LogP contribution in [0.3, 0.4) is 0 Å². The van der Waals surface area contributed by atoms with Crippen molar-refractivity contribution in [2.24, 2.45) is 0 Å². The number of hydrogen-bond donors (Lipinski definition) is 0. The van der Waals surface area contributed by atoms with E-state index in [1.807, 2.05) is 41.0 Å². The number of nitrogens with zero attached hydrogens (tertiary/aromatic N) is 4. The van der Waals surface area contributed by atoms with Crippen LogP contribution in [0.4, 0.5) is 5.82 Å². The fourth-order valence-electron chi connectivity index (χ4n) is 3.95. The number of anilines is 1. The fraction of sp³-hybridized carbons (Fsp3) is 0.500. The molecule has 1 aromatic heterocycles. The zero-order valence-corrected chi connectivity index (χ0v) is 14.5. The zero-order chi connectivity index (χ0) is 17.6. The Balaban J connectivity index is 1.75. The van der Waals surface area contributed by atoms with Crippen molar-refractivity contribution in [2.45, 2.75) is 32.5 Å². The monoisotopic (exact) mass is 342 g/mol. The van der Waals surface area contributed by atoms with Crippen LogP contribution in [0.1, 0.15) is 13.8 Å². The van der Waals surface area contributed by atoms with Crippen LogP contribution >= 0.6 is 0 Å². The molecule has 1 amide bonds. The maximum Gasteiger partial charge on any atom is 0.293 e. The predicted molar refractivity (Wildman–Crippen MR) is 94.8 cm³/mol. The van der Waals surface area contributed by atoms with E-state index in [1.165, 1.54) is 0 Å². The first-order valence-corrected chi connectivity index (χ1v) is 8.73. The first-order chi connectivity index (χ1) is 12.1. The van der Waals surface area contributed by atoms with Gasteiger partial charge in [-0.05, 0) is 19.1 Å². The molecule has 0 spiro atoms. The van der Waals surface area contributed by atoms with Crippen LogP contribution in [0.25, 0.3) is 11.0 Å². The average molecular weight is 342 g/mol. The molecule has 2 saturated heterocycles. The van der Waals surface area contributed by atoms with Crippen molar-refractivity contribution in [3.63, 3.8) is 0 Å². The van der Waals surface area contributed by atoms with Gasteiger partial charge in [0.25, 0.3) is 5.56 Å². The van der Waals surface area contributed by atoms with E-state index in [-0.39, 0.29) is 23.6 Å². The third-order valence-electron chi connectivity index (χ3n) is 5.16. The van der Waals surface area contributed by atoms with Gasteiger partial charge < -0.3 is 19.1 Å². The highest BCUT2D eigenvalue weighted by Gasteiger charge is 2.42. The largest absolute Gasteiger partial charge is 0.372 e. The summed E-state index contributed by atoms with van der Waals surface area (Å²) in [6, 6.07) is 7.66. The van der Waals surface area contributed by atoms with Crippen LogP contribution in [0.5, 0.6) is 0 Å². The van der Waals surface area contributed by atoms with Crippen LogP contribution in [0, 0.1) is 0 Å². The summed E-state index contributed by atoms with van der Waals surface area (Å²) in [5.41, 5.74) is 1.56. The first kappa shape index (κ1) is 16.1. The van der Waals surface area contributed by atoms with Crippen molar-refractivity contribution in [2.75, 3.05) is 31.1 Å². The molecule has 7 nitrogen and oxygen atoms in total. The van der Waals surface area contributed by atoms with E-state index >= 15 is 0 Å². The normalized spacial score (nSPS) is 23.1. The van der Waals surface area contributed by atoms with Gasteiger partial charge in [-0.3, -0.25) is 9.59 Å². The van der Waals surface area contributed by atoms with Crippen molar-refractivity contribution in [1.29, 1.82) is 0 Å². The Bertz CT molecular complexity index is 878. The molecule has 3 heterocycles. The second kappa shape index (κ2) is 6.15. The van der Waals surface area contributed by atoms with Gasteiger partial charge in [0.2, 0.25) is 5.91 Å². The van der Waals surface area contributed by atoms with E-state index in [1.54, 1.807) is 11.5 Å². The molecule has 0 bridgehead atoms. The lowest BCUT2D eigenvalue weighted by Crippen LogP contribution is -2.52. The minimum absolute atomic E-state index is 0.0194. The Morgan fingerprint density at radius 1 is 1.32 bits per heavy atom. The molecule has 0 aliphatic carbocycles. The van der Waals surface area contributed by atoms with E-state index < -0.39 is 0 Å². The van der Waals surface area contributed by atoms with Crippen LogP contribution in [-0.4, -0.2) is 58.7 Å². The zero-order valence-electron chi connectivity index (χ0n) is 14.5. The van der Waals surface area contributed by atoms with Gasteiger partial charge in [0, 0.05) is 33.1 Å². The van der Waals surface area contributed by atoms with Crippen molar-refractivity contribution in [3.8, 4) is 0 Å². The quantitative estimate of drug-likeness (QED) is 0.809. The maximum absolute atomic E-state index is 13.0. The van der Waals surface area contributed by atoms with Gasteiger partial charge in [0.15, 0.2) is 5.82 Å². The van der Waals surface area contributed by atoms with E-state index in [0.29, 0.717) is 38.6 Å². The number of hydrogen-bond acceptors (Lipinski definition) is 5. The smallest absolute Gasteiger partial charge is 0.293 e. The fourth-order valence-corrected chi connectivity index (χ4v) is 3.95. The van der Waals surface area contributed by atoms with Crippen molar-refractivity contribution < 1.29 is 9.53 Å². The van der Waals surface area contributed by atoms with E-state index in [2.05, 4.69) is 4.98 Å². The van der Waals surface area contributed by atoms with Crippen LogP contribution in [0.2, 0.25) is 0 Å². The number of aryl methyl sites for hydroxylation is 1. The summed E-state index contributed by atoms with van der Waals surface area (Å²) in [6.45, 7) is 6.44. The van der Waals surface area contributed by atoms with Gasteiger partial charge in [-0.25, -0.2) is 4.98 Å². The first-order valence-electron chi connectivity index (χ1n) is 8.73. The Morgan fingerprint density at radius 2 is 2.12 bits per heavy atom. The van der Waals surface area contributed by atoms with E-state index in [9.17, 15) is 9.59 Å². The Kier molecular flexibility index (Phi) is 3.95. The summed E-state index contributed by atoms with van der Waals surface area (Å²) >= 11 is 0. The molecule has 2 aromatic rings. The molecule has 0 radical (unpaired) electrons. The predicted octanol–water partition coefficient (Wildman–Crippen LogP) is 0.852. The van der Waals surface area contributed by atoms with Gasteiger partial charge in [0.1, 0.15) is 0 Å². The van der Waals surface area contributed by atoms with E-state index in [4.69, 9.17) is 4.74 Å². The lowest BCUT2D eigenvalue weighted by atomic mass is 10.1. The maximum atomic E-state index is 13.0. The Hall–Kier alpha value is -2.41. The second-order valence-electron chi connectivity index (χ2n) is 6.57. The molecule has 4 rings (SSSR count). The number of aromatic nitrogens is 2. The highest BCUT2D eigenvalue weighted by Crippen LogP contribution is 2.26. The Labute approximate surface area is 145 Å². The number of rotatable bonds is 2. The highest BCUT2D eigenvalue weighted by atomic mass is 16.5. The minimum atomic E-state index is -0.0887. The van der Waals surface area contributed by atoms with Crippen molar-refractivity contribution in [3.05, 3.63) is 34.6 Å². The number of morpholine rings is 1. The van der Waals surface area contributed by atoms with Crippen molar-refractivity contribution in [1.82, 2.24) is 14.5 Å². The molecule has 25 heavy (non-hydrogen) atoms. The molecule has 2 aliphatic heterocycles. The molecule has 2 aliphatic rings. The molecule has 0 saturated carbocycles. The SMILES string of the molecule is CCn1c(=O)c(N2C[C@H]3OCCN(C(C)=O)[C@H]3C2)nc2ccccc21. The summed E-state index contributed by atoms with van der Waals surface area (Å²) in [5.74, 6) is 0.500. The van der Waals surface area contributed by atoms with Gasteiger partial charge in [-0.1, -0.05) is 12.1 Å². The summed E-state index contributed by atoms with van der Waals surface area (Å²) in [7, 11) is 0. The summed E-state index contributed by atoms with van der Waals surface area (Å²) in [5, 5.41) is 0. The number of benzene rings is 1. The number of carbonyl (C=O) groups is 1. The average Bonchev–Trinajstić information content (AvgIpc) is 3.04. The van der Waals surface area contributed by atoms with Crippen LogP contribution in [-0.2, 0) is 16.1 Å². The molecule has 2 atom stereocenters. The van der Waals surface area contributed by atoms with Crippen LogP contribution in [0.15, 0.2) is 29.1 Å². The summed E-state index contributed by atoms with van der Waals surface area (Å²) < 4.78 is 7.60. The number of para-hydroxylation sites is 2. The minimum Gasteiger partial charge on any atom is -0.372 e. The van der Waals surface area contributed by atoms with E-state index in [0.717, 1.165) is 11.0 Å². The third kappa shape index (κ3) is 2.59. The lowest BCUT2D eigenvalue weighted by Gasteiger charge is -2.35. The standard InChI is InChI=1S/C18H22N4O3/c1-3-21-14-7-5-4-6-13(14)19-17(18(21)24)20-10-15-16(11-20)25-9-8-22(15)12(2)23/h4-7,15-16H,3,8-11H2,1-2H3/t15-,16+/m0/s1. The number of fused-ring (bicyclic) bond motifs is 2. The summed E-state index contributed by atoms with van der Waals surface area (Å²) in [4.78, 5) is 33.3. The third-order valence-corrected chi connectivity index (χ3v) is 5.16. The number of ether oxygens (including phenoxy) is 1. The molecule has 7 heteroatoms. The lowest BCUT2D eigenvalue weighted by molar-refractivity contribution is -0.140. The molecular formula is C18H22N4O3. The number of carbonyl (C=O) groups excluding carboxylic acids is 1. The second-order valence-corrected chi connectivity index (χ2v) is 6.57. The van der Waals surface area contributed by atoms with Gasteiger partial charge >= 0.3 is 0 Å². The topological polar surface area (TPSA) is 67.7 Å². The molecule has 1 aromatic carbocycles.